The highest BCUT2D eigenvalue weighted by atomic mass is 16.5. The van der Waals surface area contributed by atoms with E-state index in [0.29, 0.717) is 0 Å². The fraction of sp³-hybridized carbons (Fsp3) is 0.625. The minimum Gasteiger partial charge on any atom is -0.480 e. The van der Waals surface area contributed by atoms with E-state index in [9.17, 15) is 14.4 Å². The lowest BCUT2D eigenvalue weighted by Crippen LogP contribution is -2.45. The van der Waals surface area contributed by atoms with Gasteiger partial charge in [0.05, 0.1) is 6.54 Å². The number of nitrogens with two attached hydrogens (primary N) is 1. The molecule has 2 amide bonds. The van der Waals surface area contributed by atoms with Crippen molar-refractivity contribution in [2.24, 2.45) is 5.73 Å². The summed E-state index contributed by atoms with van der Waals surface area (Å²) in [4.78, 5) is 32.3. The van der Waals surface area contributed by atoms with E-state index in [4.69, 9.17) is 15.6 Å². The Labute approximate surface area is 92.1 Å². The molecule has 0 saturated carbocycles. The number of carboxylic acids is 1. The first kappa shape index (κ1) is 14.3. The quantitative estimate of drug-likeness (QED) is 0.378. The maximum absolute atomic E-state index is 11.2. The zero-order valence-corrected chi connectivity index (χ0v) is 8.86. The van der Waals surface area contributed by atoms with Crippen LogP contribution < -0.4 is 16.4 Å². The molecule has 16 heavy (non-hydrogen) atoms. The van der Waals surface area contributed by atoms with Crippen LogP contribution in [-0.4, -0.2) is 55.7 Å². The zero-order valence-electron chi connectivity index (χ0n) is 8.86. The Hall–Kier alpha value is -1.67. The van der Waals surface area contributed by atoms with Gasteiger partial charge in [-0.15, -0.1) is 0 Å². The predicted octanol–water partition coefficient (Wildman–Crippen LogP) is -2.72. The zero-order chi connectivity index (χ0) is 12.6. The Morgan fingerprint density at radius 3 is 2.38 bits per heavy atom. The smallest absolute Gasteiger partial charge is 0.322 e. The number of rotatable bonds is 7. The number of aliphatic carboxylic acids is 1. The number of methoxy groups -OCH3 is 1. The van der Waals surface area contributed by atoms with Crippen LogP contribution >= 0.6 is 0 Å². The standard InChI is InChI=1S/C8H15N3O5/c1-16-5(2-9)8(15)11-3-6(12)10-4-7(13)14/h5H,2-4,9H2,1H3,(H,10,12)(H,11,15)(H,13,14). The van der Waals surface area contributed by atoms with Crippen molar-refractivity contribution in [3.63, 3.8) is 0 Å². The Morgan fingerprint density at radius 2 is 1.94 bits per heavy atom. The summed E-state index contributed by atoms with van der Waals surface area (Å²) in [6.45, 7) is -0.801. The SMILES string of the molecule is COC(CN)C(=O)NCC(=O)NCC(=O)O. The molecule has 1 unspecified atom stereocenters. The van der Waals surface area contributed by atoms with Crippen LogP contribution in [0.1, 0.15) is 0 Å². The molecule has 0 aliphatic heterocycles. The van der Waals surface area contributed by atoms with Gasteiger partial charge < -0.3 is 26.2 Å². The van der Waals surface area contributed by atoms with Crippen molar-refractivity contribution >= 4 is 17.8 Å². The maximum atomic E-state index is 11.2. The summed E-state index contributed by atoms with van der Waals surface area (Å²) in [7, 11) is 1.32. The molecular weight excluding hydrogens is 218 g/mol. The highest BCUT2D eigenvalue weighted by Crippen LogP contribution is 1.85. The largest absolute Gasteiger partial charge is 0.480 e. The van der Waals surface area contributed by atoms with Gasteiger partial charge in [-0.1, -0.05) is 0 Å². The minimum absolute atomic E-state index is 0.000914. The number of carbonyl (C=O) groups excluding carboxylic acids is 2. The van der Waals surface area contributed by atoms with Gasteiger partial charge in [-0.25, -0.2) is 0 Å². The number of hydrogen-bond donors (Lipinski definition) is 4. The molecule has 0 spiro atoms. The van der Waals surface area contributed by atoms with E-state index in [1.54, 1.807) is 0 Å². The monoisotopic (exact) mass is 233 g/mol. The van der Waals surface area contributed by atoms with Crippen LogP contribution in [0, 0.1) is 0 Å². The van der Waals surface area contributed by atoms with Crippen LogP contribution in [0.25, 0.3) is 0 Å². The Morgan fingerprint density at radius 1 is 1.31 bits per heavy atom. The van der Waals surface area contributed by atoms with Gasteiger partial charge in [-0.05, 0) is 0 Å². The average molecular weight is 233 g/mol. The Bertz CT molecular complexity index is 264. The molecule has 0 aliphatic rings. The summed E-state index contributed by atoms with van der Waals surface area (Å²) >= 11 is 0. The third kappa shape index (κ3) is 5.94. The van der Waals surface area contributed by atoms with Crippen molar-refractivity contribution in [3.8, 4) is 0 Å². The van der Waals surface area contributed by atoms with Gasteiger partial charge in [-0.3, -0.25) is 14.4 Å². The summed E-state index contributed by atoms with van der Waals surface area (Å²) in [5.41, 5.74) is 5.22. The van der Waals surface area contributed by atoms with Crippen LogP contribution in [0.4, 0.5) is 0 Å². The first-order valence-corrected chi connectivity index (χ1v) is 4.50. The van der Waals surface area contributed by atoms with E-state index < -0.39 is 30.4 Å². The predicted molar refractivity (Wildman–Crippen MR) is 53.5 cm³/mol. The summed E-state index contributed by atoms with van der Waals surface area (Å²) in [6, 6.07) is 0. The fourth-order valence-corrected chi connectivity index (χ4v) is 0.828. The first-order chi connectivity index (χ1) is 7.51. The van der Waals surface area contributed by atoms with Gasteiger partial charge in [0.2, 0.25) is 5.91 Å². The van der Waals surface area contributed by atoms with Gasteiger partial charge in [0.25, 0.3) is 5.91 Å². The lowest BCUT2D eigenvalue weighted by molar-refractivity contribution is -0.138. The molecule has 0 radical (unpaired) electrons. The summed E-state index contributed by atoms with van der Waals surface area (Å²) in [5.74, 6) is -2.27. The first-order valence-electron chi connectivity index (χ1n) is 4.50. The van der Waals surface area contributed by atoms with E-state index in [1.807, 2.05) is 0 Å². The molecule has 0 aromatic heterocycles. The van der Waals surface area contributed by atoms with Crippen molar-refractivity contribution in [3.05, 3.63) is 0 Å². The fourth-order valence-electron chi connectivity index (χ4n) is 0.828. The third-order valence-electron chi connectivity index (χ3n) is 1.65. The van der Waals surface area contributed by atoms with Gasteiger partial charge >= 0.3 is 5.97 Å². The second kappa shape index (κ2) is 7.60. The molecule has 0 saturated heterocycles. The van der Waals surface area contributed by atoms with E-state index >= 15 is 0 Å². The van der Waals surface area contributed by atoms with Gasteiger partial charge in [-0.2, -0.15) is 0 Å². The number of carbonyl (C=O) groups is 3. The number of carboxylic acid groups (broad SMARTS) is 1. The molecule has 5 N–H and O–H groups in total. The Balaban J connectivity index is 3.82. The third-order valence-corrected chi connectivity index (χ3v) is 1.65. The molecule has 0 aliphatic carbocycles. The Kier molecular flexibility index (Phi) is 6.81. The number of ether oxygens (including phenoxy) is 1. The topological polar surface area (TPSA) is 131 Å². The van der Waals surface area contributed by atoms with Crippen LogP contribution in [0.2, 0.25) is 0 Å². The highest BCUT2D eigenvalue weighted by Gasteiger charge is 2.16. The summed E-state index contributed by atoms with van der Waals surface area (Å²) < 4.78 is 4.73. The van der Waals surface area contributed by atoms with Crippen LogP contribution in [-0.2, 0) is 19.1 Å². The second-order valence-corrected chi connectivity index (χ2v) is 2.85. The van der Waals surface area contributed by atoms with Crippen molar-refractivity contribution in [2.75, 3.05) is 26.7 Å². The van der Waals surface area contributed by atoms with Crippen LogP contribution in [0.15, 0.2) is 0 Å². The number of nitrogens with one attached hydrogen (secondary N) is 2. The van der Waals surface area contributed by atoms with E-state index in [-0.39, 0.29) is 13.1 Å². The normalized spacial score (nSPS) is 11.6. The molecule has 0 rings (SSSR count). The lowest BCUT2D eigenvalue weighted by atomic mass is 10.3. The molecule has 0 fully saturated rings. The van der Waals surface area contributed by atoms with Gasteiger partial charge in [0.15, 0.2) is 0 Å². The van der Waals surface area contributed by atoms with Crippen LogP contribution in [0.5, 0.6) is 0 Å². The van der Waals surface area contributed by atoms with Crippen molar-refractivity contribution in [1.82, 2.24) is 10.6 Å². The van der Waals surface area contributed by atoms with E-state index in [2.05, 4.69) is 10.6 Å². The second-order valence-electron chi connectivity index (χ2n) is 2.85. The highest BCUT2D eigenvalue weighted by molar-refractivity contribution is 5.88. The lowest BCUT2D eigenvalue weighted by Gasteiger charge is -2.12. The molecule has 92 valence electrons. The molecule has 0 aromatic carbocycles. The molecule has 0 bridgehead atoms. The van der Waals surface area contributed by atoms with E-state index in [0.717, 1.165) is 0 Å². The summed E-state index contributed by atoms with van der Waals surface area (Å²) in [6.07, 6.45) is -0.813. The van der Waals surface area contributed by atoms with Crippen molar-refractivity contribution in [2.45, 2.75) is 6.10 Å². The molecule has 1 atom stereocenters. The van der Waals surface area contributed by atoms with Crippen molar-refractivity contribution in [1.29, 1.82) is 0 Å². The van der Waals surface area contributed by atoms with Crippen LogP contribution in [0.3, 0.4) is 0 Å². The molecule has 0 aromatic rings. The van der Waals surface area contributed by atoms with Gasteiger partial charge in [0, 0.05) is 13.7 Å². The molecule has 8 nitrogen and oxygen atoms in total. The molecule has 8 heteroatoms. The molecule has 0 heterocycles. The average Bonchev–Trinajstić information content (AvgIpc) is 2.25. The molecular formula is C8H15N3O5. The summed E-state index contributed by atoms with van der Waals surface area (Å²) in [5, 5.41) is 12.6. The maximum Gasteiger partial charge on any atom is 0.322 e. The van der Waals surface area contributed by atoms with E-state index in [1.165, 1.54) is 7.11 Å². The number of hydrogen-bond acceptors (Lipinski definition) is 5. The van der Waals surface area contributed by atoms with Crippen molar-refractivity contribution < 1.29 is 24.2 Å². The number of amides is 2. The van der Waals surface area contributed by atoms with Gasteiger partial charge in [0.1, 0.15) is 12.6 Å². The minimum atomic E-state index is -1.16.